The zero-order chi connectivity index (χ0) is 33.2. The number of piperidine rings is 2. The summed E-state index contributed by atoms with van der Waals surface area (Å²) < 4.78 is 7.85. The third-order valence-electron chi connectivity index (χ3n) is 10.5. The van der Waals surface area contributed by atoms with Gasteiger partial charge < -0.3 is 24.4 Å². The van der Waals surface area contributed by atoms with Crippen molar-refractivity contribution >= 4 is 22.9 Å². The average molecular weight is 655 g/mol. The number of carbonyl (C=O) groups excluding carboxylic acids is 2. The van der Waals surface area contributed by atoms with Crippen molar-refractivity contribution in [3.63, 3.8) is 0 Å². The minimum Gasteiger partial charge on any atom is -0.436 e. The highest BCUT2D eigenvalue weighted by atomic mass is 16.6. The van der Waals surface area contributed by atoms with Crippen LogP contribution in [-0.2, 0) is 16.0 Å². The number of hydrogen-bond acceptors (Lipinski definition) is 7. The average Bonchev–Trinajstić information content (AvgIpc) is 3.76. The molecule has 254 valence electrons. The topological polar surface area (TPSA) is 123 Å². The van der Waals surface area contributed by atoms with Crippen LogP contribution in [0.3, 0.4) is 0 Å². The van der Waals surface area contributed by atoms with E-state index < -0.39 is 12.2 Å². The number of imidazole rings is 1. The molecule has 48 heavy (non-hydrogen) atoms. The molecule has 3 fully saturated rings. The molecule has 4 aromatic rings. The van der Waals surface area contributed by atoms with Crippen LogP contribution in [0.2, 0.25) is 0 Å². The summed E-state index contributed by atoms with van der Waals surface area (Å²) in [7, 11) is 2.17. The summed E-state index contributed by atoms with van der Waals surface area (Å²) in [6.07, 6.45) is 6.08. The number of nitrogens with one attached hydrogen (secondary N) is 2. The summed E-state index contributed by atoms with van der Waals surface area (Å²) in [5, 5.41) is 8.17. The normalized spacial score (nSPS) is 19.5. The number of amides is 2. The van der Waals surface area contributed by atoms with Gasteiger partial charge in [0.15, 0.2) is 6.10 Å². The lowest BCUT2D eigenvalue weighted by Crippen LogP contribution is -2.56. The highest BCUT2D eigenvalue weighted by Crippen LogP contribution is 2.26. The van der Waals surface area contributed by atoms with Gasteiger partial charge in [-0.3, -0.25) is 19.4 Å². The lowest BCUT2D eigenvalue weighted by atomic mass is 10.0. The van der Waals surface area contributed by atoms with Crippen molar-refractivity contribution in [2.75, 3.05) is 59.4 Å². The van der Waals surface area contributed by atoms with E-state index in [1.807, 2.05) is 60.5 Å². The molecule has 12 heteroatoms. The maximum absolute atomic E-state index is 14.1. The van der Waals surface area contributed by atoms with Crippen LogP contribution in [0.25, 0.3) is 22.2 Å². The first-order valence-corrected chi connectivity index (χ1v) is 17.3. The van der Waals surface area contributed by atoms with E-state index in [9.17, 15) is 14.4 Å². The molecule has 3 aliphatic rings. The van der Waals surface area contributed by atoms with E-state index in [1.165, 1.54) is 0 Å². The van der Waals surface area contributed by atoms with Crippen LogP contribution in [0.5, 0.6) is 0 Å². The number of benzene rings is 2. The van der Waals surface area contributed by atoms with Crippen LogP contribution in [0, 0.1) is 6.92 Å². The van der Waals surface area contributed by atoms with Crippen molar-refractivity contribution in [2.45, 2.75) is 57.2 Å². The largest absolute Gasteiger partial charge is 0.436 e. The van der Waals surface area contributed by atoms with Crippen molar-refractivity contribution in [1.82, 2.24) is 39.3 Å². The van der Waals surface area contributed by atoms with Gasteiger partial charge in [-0.2, -0.15) is 5.10 Å². The quantitative estimate of drug-likeness (QED) is 0.312. The minimum absolute atomic E-state index is 0.0294. The van der Waals surface area contributed by atoms with Crippen LogP contribution in [-0.4, -0.2) is 123 Å². The van der Waals surface area contributed by atoms with Gasteiger partial charge in [0, 0.05) is 69.4 Å². The number of ether oxygens (including phenoxy) is 1. The number of nitrogens with zero attached hydrogens (tertiary/aromatic N) is 6. The van der Waals surface area contributed by atoms with Gasteiger partial charge in [0.05, 0.1) is 17.4 Å². The molecule has 0 saturated carbocycles. The van der Waals surface area contributed by atoms with Gasteiger partial charge in [0.25, 0.3) is 5.91 Å². The Morgan fingerprint density at radius 2 is 1.62 bits per heavy atom. The summed E-state index contributed by atoms with van der Waals surface area (Å²) in [4.78, 5) is 52.0. The molecule has 7 rings (SSSR count). The molecule has 0 radical (unpaired) electrons. The zero-order valence-electron chi connectivity index (χ0n) is 27.9. The second-order valence-corrected chi connectivity index (χ2v) is 13.7. The van der Waals surface area contributed by atoms with E-state index in [2.05, 4.69) is 32.0 Å². The number of fused-ring (bicyclic) bond motifs is 1. The Balaban J connectivity index is 1.01. The molecule has 2 amide bonds. The summed E-state index contributed by atoms with van der Waals surface area (Å²) in [6.45, 7) is 8.03. The fourth-order valence-corrected chi connectivity index (χ4v) is 7.66. The lowest BCUT2D eigenvalue weighted by molar-refractivity contribution is -0.143. The SMILES string of the molecule is Cc1cc(C[C@@H](OC(=O)N2CCC(n3cc(-c4ccccc4)[nH]c3=O)CC2)C(=O)N2CCN(C3CCN(C)CC3)CC2)cc2cn[nH]c12. The van der Waals surface area contributed by atoms with Crippen LogP contribution < -0.4 is 5.69 Å². The van der Waals surface area contributed by atoms with E-state index in [-0.39, 0.29) is 17.6 Å². The monoisotopic (exact) mass is 654 g/mol. The highest BCUT2D eigenvalue weighted by molar-refractivity contribution is 5.85. The zero-order valence-corrected chi connectivity index (χ0v) is 27.9. The van der Waals surface area contributed by atoms with Gasteiger partial charge in [-0.25, -0.2) is 9.59 Å². The Hall–Kier alpha value is -4.42. The van der Waals surface area contributed by atoms with Crippen LogP contribution >= 0.6 is 0 Å². The molecule has 2 aromatic heterocycles. The standard InChI is InChI=1S/C36H46N8O4/c1-25-20-26(21-28-23-37-39-33(25)28)22-32(34(45)42-18-16-41(17-19-42)29-8-12-40(2)13-9-29)48-36(47)43-14-10-30(11-15-43)44-24-31(38-35(44)46)27-6-4-3-5-7-27/h3-7,20-21,23-24,29-30,32H,8-19,22H2,1-2H3,(H,37,39)(H,38,46)/t32-/m1/s1. The molecule has 0 bridgehead atoms. The van der Waals surface area contributed by atoms with E-state index in [4.69, 9.17) is 4.74 Å². The molecule has 3 saturated heterocycles. The number of H-pyrrole nitrogens is 2. The van der Waals surface area contributed by atoms with Gasteiger partial charge in [-0.05, 0) is 75.5 Å². The van der Waals surface area contributed by atoms with Crippen molar-refractivity contribution < 1.29 is 14.3 Å². The summed E-state index contributed by atoms with van der Waals surface area (Å²) in [5.74, 6) is -0.140. The molecule has 12 nitrogen and oxygen atoms in total. The molecule has 3 aliphatic heterocycles. The first-order chi connectivity index (χ1) is 23.3. The van der Waals surface area contributed by atoms with E-state index in [0.29, 0.717) is 51.5 Å². The Morgan fingerprint density at radius 1 is 0.917 bits per heavy atom. The number of aromatic nitrogens is 4. The Bertz CT molecular complexity index is 1770. The van der Waals surface area contributed by atoms with Gasteiger partial charge >= 0.3 is 11.8 Å². The third kappa shape index (κ3) is 6.91. The number of rotatable bonds is 7. The molecule has 2 N–H and O–H groups in total. The minimum atomic E-state index is -0.936. The van der Waals surface area contributed by atoms with Crippen molar-refractivity contribution in [1.29, 1.82) is 0 Å². The summed E-state index contributed by atoms with van der Waals surface area (Å²) in [5.41, 5.74) is 4.50. The Labute approximate surface area is 280 Å². The van der Waals surface area contributed by atoms with Gasteiger partial charge in [-0.15, -0.1) is 0 Å². The number of likely N-dealkylation sites (tertiary alicyclic amines) is 2. The van der Waals surface area contributed by atoms with Crippen LogP contribution in [0.4, 0.5) is 4.79 Å². The lowest BCUT2D eigenvalue weighted by Gasteiger charge is -2.42. The van der Waals surface area contributed by atoms with Crippen molar-refractivity contribution in [3.05, 3.63) is 76.5 Å². The number of carbonyl (C=O) groups is 2. The van der Waals surface area contributed by atoms with Crippen LogP contribution in [0.1, 0.15) is 42.9 Å². The molecule has 2 aromatic carbocycles. The summed E-state index contributed by atoms with van der Waals surface area (Å²) >= 11 is 0. The molecule has 1 atom stereocenters. The van der Waals surface area contributed by atoms with Crippen molar-refractivity contribution in [3.8, 4) is 11.3 Å². The summed E-state index contributed by atoms with van der Waals surface area (Å²) in [6, 6.07) is 14.4. The number of aryl methyl sites for hydroxylation is 1. The maximum atomic E-state index is 14.1. The Kier molecular flexibility index (Phi) is 9.36. The second kappa shape index (κ2) is 14.0. The van der Waals surface area contributed by atoms with E-state index in [0.717, 1.165) is 72.3 Å². The number of aromatic amines is 2. The molecule has 0 spiro atoms. The van der Waals surface area contributed by atoms with Crippen molar-refractivity contribution in [2.24, 2.45) is 0 Å². The first-order valence-electron chi connectivity index (χ1n) is 17.3. The van der Waals surface area contributed by atoms with E-state index in [1.54, 1.807) is 15.7 Å². The molecular formula is C36H46N8O4. The second-order valence-electron chi connectivity index (χ2n) is 13.7. The fourth-order valence-electron chi connectivity index (χ4n) is 7.66. The smallest absolute Gasteiger partial charge is 0.410 e. The Morgan fingerprint density at radius 3 is 2.35 bits per heavy atom. The van der Waals surface area contributed by atoms with Gasteiger partial charge in [0.1, 0.15) is 0 Å². The van der Waals surface area contributed by atoms with Gasteiger partial charge in [0.2, 0.25) is 0 Å². The van der Waals surface area contributed by atoms with Crippen LogP contribution in [0.15, 0.2) is 59.7 Å². The van der Waals surface area contributed by atoms with E-state index >= 15 is 0 Å². The maximum Gasteiger partial charge on any atom is 0.410 e. The number of piperazine rings is 1. The molecule has 5 heterocycles. The number of hydrogen-bond donors (Lipinski definition) is 2. The molecule has 0 unspecified atom stereocenters. The highest BCUT2D eigenvalue weighted by Gasteiger charge is 2.35. The fraction of sp³-hybridized carbons (Fsp3) is 0.500. The predicted molar refractivity (Wildman–Crippen MR) is 184 cm³/mol. The van der Waals surface area contributed by atoms with Gasteiger partial charge in [-0.1, -0.05) is 36.4 Å². The third-order valence-corrected chi connectivity index (χ3v) is 10.5. The molecular weight excluding hydrogens is 608 g/mol. The predicted octanol–water partition coefficient (Wildman–Crippen LogP) is 3.65. The first kappa shape index (κ1) is 32.1. The molecule has 0 aliphatic carbocycles.